The highest BCUT2D eigenvalue weighted by Crippen LogP contribution is 2.40. The van der Waals surface area contributed by atoms with Gasteiger partial charge in [0.15, 0.2) is 0 Å². The summed E-state index contributed by atoms with van der Waals surface area (Å²) < 4.78 is 4.86. The SMILES string of the molecule is c1ccc(-n2c3ccccc3c3ccc(-c4ccc5c6ccccc6n(-c6ccccc6-c6cccc(-c7cccc8ccccc78)c6)c5c4)cc32)cc1. The first-order valence-electron chi connectivity index (χ1n) is 18.6. The summed E-state index contributed by atoms with van der Waals surface area (Å²) in [5.41, 5.74) is 14.4. The number of hydrogen-bond acceptors (Lipinski definition) is 0. The zero-order chi connectivity index (χ0) is 35.6. The maximum atomic E-state index is 2.47. The molecule has 2 heteroatoms. The minimum Gasteiger partial charge on any atom is -0.309 e. The highest BCUT2D eigenvalue weighted by Gasteiger charge is 2.18. The normalized spacial score (nSPS) is 11.7. The molecule has 0 bridgehead atoms. The third kappa shape index (κ3) is 4.74. The molecule has 54 heavy (non-hydrogen) atoms. The second kappa shape index (κ2) is 12.2. The Morgan fingerprint density at radius 1 is 0.259 bits per heavy atom. The van der Waals surface area contributed by atoms with Crippen molar-refractivity contribution < 1.29 is 0 Å². The van der Waals surface area contributed by atoms with Gasteiger partial charge in [0.2, 0.25) is 0 Å². The van der Waals surface area contributed by atoms with E-state index in [1.165, 1.54) is 87.8 Å². The predicted molar refractivity (Wildman–Crippen MR) is 229 cm³/mol. The van der Waals surface area contributed by atoms with E-state index in [0.29, 0.717) is 0 Å². The van der Waals surface area contributed by atoms with Gasteiger partial charge in [0, 0.05) is 32.8 Å². The number of para-hydroxylation sites is 4. The molecule has 252 valence electrons. The number of aromatic nitrogens is 2. The van der Waals surface area contributed by atoms with Crippen LogP contribution in [0.3, 0.4) is 0 Å². The zero-order valence-electron chi connectivity index (χ0n) is 29.5. The largest absolute Gasteiger partial charge is 0.309 e. The van der Waals surface area contributed by atoms with Crippen LogP contribution in [0.4, 0.5) is 0 Å². The van der Waals surface area contributed by atoms with Crippen LogP contribution in [0.25, 0.3) is 99.1 Å². The van der Waals surface area contributed by atoms with Crippen LogP contribution >= 0.6 is 0 Å². The minimum absolute atomic E-state index is 1.16. The maximum absolute atomic E-state index is 2.47. The third-order valence-corrected chi connectivity index (χ3v) is 11.1. The average molecular weight is 687 g/mol. The minimum atomic E-state index is 1.16. The summed E-state index contributed by atoms with van der Waals surface area (Å²) in [5.74, 6) is 0. The van der Waals surface area contributed by atoms with Crippen LogP contribution in [0.5, 0.6) is 0 Å². The van der Waals surface area contributed by atoms with E-state index in [0.717, 1.165) is 11.4 Å². The number of hydrogen-bond donors (Lipinski definition) is 0. The molecule has 0 amide bonds. The van der Waals surface area contributed by atoms with Crippen molar-refractivity contribution >= 4 is 54.4 Å². The first kappa shape index (κ1) is 30.5. The van der Waals surface area contributed by atoms with Crippen LogP contribution in [0, 0.1) is 0 Å². The lowest BCUT2D eigenvalue weighted by Gasteiger charge is -2.16. The van der Waals surface area contributed by atoms with Crippen LogP contribution < -0.4 is 0 Å². The Morgan fingerprint density at radius 2 is 0.759 bits per heavy atom. The topological polar surface area (TPSA) is 9.86 Å². The molecule has 2 aromatic heterocycles. The summed E-state index contributed by atoms with van der Waals surface area (Å²) in [6.07, 6.45) is 0. The van der Waals surface area contributed by atoms with Crippen LogP contribution in [0.2, 0.25) is 0 Å². The second-order valence-electron chi connectivity index (χ2n) is 14.1. The van der Waals surface area contributed by atoms with Gasteiger partial charge in [-0.15, -0.1) is 0 Å². The van der Waals surface area contributed by atoms with Crippen LogP contribution in [0.15, 0.2) is 206 Å². The molecule has 11 aromatic rings. The van der Waals surface area contributed by atoms with E-state index < -0.39 is 0 Å². The monoisotopic (exact) mass is 686 g/mol. The standard InChI is InChI=1S/C52H34N2/c1-2-18-40(19-3-1)53-49-26-10-7-22-44(49)46-30-28-36(33-51(46)53)37-29-31-47-45-23-8-11-27-50(45)54(52(47)34-37)48-25-9-6-21-43(48)39-17-12-16-38(32-39)42-24-13-15-35-14-4-5-20-41(35)42/h1-34H. The average Bonchev–Trinajstić information content (AvgIpc) is 3.76. The van der Waals surface area contributed by atoms with E-state index in [4.69, 9.17) is 0 Å². The molecule has 0 aliphatic carbocycles. The highest BCUT2D eigenvalue weighted by molar-refractivity contribution is 6.12. The third-order valence-electron chi connectivity index (χ3n) is 11.1. The van der Waals surface area contributed by atoms with E-state index >= 15 is 0 Å². The number of fused-ring (bicyclic) bond motifs is 7. The molecule has 0 atom stereocenters. The van der Waals surface area contributed by atoms with Crippen molar-refractivity contribution in [2.24, 2.45) is 0 Å². The van der Waals surface area contributed by atoms with Gasteiger partial charge >= 0.3 is 0 Å². The summed E-state index contributed by atoms with van der Waals surface area (Å²) in [7, 11) is 0. The molecule has 0 saturated carbocycles. The smallest absolute Gasteiger partial charge is 0.0547 e. The van der Waals surface area contributed by atoms with Crippen LogP contribution in [-0.2, 0) is 0 Å². The highest BCUT2D eigenvalue weighted by atomic mass is 15.0. The fourth-order valence-corrected chi connectivity index (χ4v) is 8.66. The molecule has 0 aliphatic heterocycles. The van der Waals surface area contributed by atoms with Gasteiger partial charge in [0.05, 0.1) is 27.8 Å². The van der Waals surface area contributed by atoms with Crippen molar-refractivity contribution in [2.75, 3.05) is 0 Å². The molecule has 2 nitrogen and oxygen atoms in total. The Hall–Kier alpha value is -7.16. The molecule has 0 fully saturated rings. The predicted octanol–water partition coefficient (Wildman–Crippen LogP) is 14.0. The lowest BCUT2D eigenvalue weighted by Crippen LogP contribution is -1.97. The van der Waals surface area contributed by atoms with Crippen molar-refractivity contribution in [3.63, 3.8) is 0 Å². The molecule has 0 unspecified atom stereocenters. The molecular formula is C52H34N2. The van der Waals surface area contributed by atoms with E-state index in [-0.39, 0.29) is 0 Å². The van der Waals surface area contributed by atoms with Gasteiger partial charge in [-0.2, -0.15) is 0 Å². The summed E-state index contributed by atoms with van der Waals surface area (Å²) in [6.45, 7) is 0. The number of benzene rings is 9. The molecule has 0 aliphatic rings. The second-order valence-corrected chi connectivity index (χ2v) is 14.1. The van der Waals surface area contributed by atoms with E-state index in [1.54, 1.807) is 0 Å². The molecule has 11 rings (SSSR count). The molecule has 2 heterocycles. The Labute approximate surface area is 313 Å². The zero-order valence-corrected chi connectivity index (χ0v) is 29.5. The fraction of sp³-hybridized carbons (Fsp3) is 0. The first-order valence-corrected chi connectivity index (χ1v) is 18.6. The van der Waals surface area contributed by atoms with Crippen molar-refractivity contribution in [1.82, 2.24) is 9.13 Å². The van der Waals surface area contributed by atoms with Gasteiger partial charge in [-0.05, 0) is 87.1 Å². The Kier molecular flexibility index (Phi) is 6.90. The Balaban J connectivity index is 1.11. The molecule has 9 aromatic carbocycles. The summed E-state index contributed by atoms with van der Waals surface area (Å²) >= 11 is 0. The van der Waals surface area contributed by atoms with Gasteiger partial charge in [0.25, 0.3) is 0 Å². The molecule has 0 saturated heterocycles. The molecule has 0 N–H and O–H groups in total. The maximum Gasteiger partial charge on any atom is 0.0547 e. The lowest BCUT2D eigenvalue weighted by molar-refractivity contribution is 1.18. The van der Waals surface area contributed by atoms with Crippen molar-refractivity contribution in [3.8, 4) is 44.8 Å². The molecular weight excluding hydrogens is 653 g/mol. The Morgan fingerprint density at radius 3 is 1.50 bits per heavy atom. The number of nitrogens with zero attached hydrogens (tertiary/aromatic N) is 2. The van der Waals surface area contributed by atoms with Crippen LogP contribution in [0.1, 0.15) is 0 Å². The fourth-order valence-electron chi connectivity index (χ4n) is 8.66. The molecule has 0 spiro atoms. The van der Waals surface area contributed by atoms with Crippen molar-refractivity contribution in [2.45, 2.75) is 0 Å². The summed E-state index contributed by atoms with van der Waals surface area (Å²) in [6, 6.07) is 75.2. The van der Waals surface area contributed by atoms with Gasteiger partial charge in [-0.1, -0.05) is 158 Å². The van der Waals surface area contributed by atoms with E-state index in [2.05, 4.69) is 215 Å². The molecule has 0 radical (unpaired) electrons. The number of rotatable bonds is 5. The summed E-state index contributed by atoms with van der Waals surface area (Å²) in [4.78, 5) is 0. The lowest BCUT2D eigenvalue weighted by atomic mass is 9.94. The Bertz CT molecular complexity index is 3210. The summed E-state index contributed by atoms with van der Waals surface area (Å²) in [5, 5.41) is 7.53. The van der Waals surface area contributed by atoms with Gasteiger partial charge < -0.3 is 9.13 Å². The van der Waals surface area contributed by atoms with Crippen molar-refractivity contribution in [1.29, 1.82) is 0 Å². The van der Waals surface area contributed by atoms with Gasteiger partial charge in [-0.25, -0.2) is 0 Å². The van der Waals surface area contributed by atoms with E-state index in [9.17, 15) is 0 Å². The first-order chi connectivity index (χ1) is 26.8. The quantitative estimate of drug-likeness (QED) is 0.171. The van der Waals surface area contributed by atoms with Crippen molar-refractivity contribution in [3.05, 3.63) is 206 Å². The van der Waals surface area contributed by atoms with Crippen LogP contribution in [-0.4, -0.2) is 9.13 Å². The van der Waals surface area contributed by atoms with Gasteiger partial charge in [0.1, 0.15) is 0 Å². The van der Waals surface area contributed by atoms with E-state index in [1.807, 2.05) is 0 Å². The van der Waals surface area contributed by atoms with Gasteiger partial charge in [-0.3, -0.25) is 0 Å².